The second kappa shape index (κ2) is 15.0. The van der Waals surface area contributed by atoms with Crippen LogP contribution in [0.15, 0.2) is 65.7 Å². The van der Waals surface area contributed by atoms with E-state index >= 15 is 0 Å². The zero-order chi connectivity index (χ0) is 30.7. The van der Waals surface area contributed by atoms with Gasteiger partial charge < -0.3 is 21.3 Å². The molecule has 5 N–H and O–H groups in total. The molecule has 0 fully saturated rings. The molecule has 0 unspecified atom stereocenters. The number of aryl methyl sites for hydroxylation is 2. The Bertz CT molecular complexity index is 1300. The predicted molar refractivity (Wildman–Crippen MR) is 152 cm³/mol. The molecule has 8 nitrogen and oxygen atoms in total. The molecular formula is C29H32F3N3O5S. The molecule has 0 saturated heterocycles. The Hall–Kier alpha value is -4.19. The first-order valence-corrected chi connectivity index (χ1v) is 13.3. The molecule has 0 spiro atoms. The highest BCUT2D eigenvalue weighted by Gasteiger charge is 2.38. The van der Waals surface area contributed by atoms with Crippen molar-refractivity contribution in [2.24, 2.45) is 10.7 Å². The van der Waals surface area contributed by atoms with Gasteiger partial charge in [-0.05, 0) is 56.9 Å². The third-order valence-electron chi connectivity index (χ3n) is 5.81. The van der Waals surface area contributed by atoms with Crippen LogP contribution in [0.3, 0.4) is 0 Å². The van der Waals surface area contributed by atoms with E-state index in [1.54, 1.807) is 13.0 Å². The Kier molecular flexibility index (Phi) is 12.1. The van der Waals surface area contributed by atoms with Gasteiger partial charge in [-0.25, -0.2) is 9.59 Å². The molecule has 41 heavy (non-hydrogen) atoms. The van der Waals surface area contributed by atoms with E-state index in [0.717, 1.165) is 16.0 Å². The first kappa shape index (κ1) is 33.0. The summed E-state index contributed by atoms with van der Waals surface area (Å²) in [6.07, 6.45) is -4.28. The number of carboxylic acid groups (broad SMARTS) is 2. The van der Waals surface area contributed by atoms with Crippen molar-refractivity contribution in [3.63, 3.8) is 0 Å². The van der Waals surface area contributed by atoms with Gasteiger partial charge >= 0.3 is 18.1 Å². The lowest BCUT2D eigenvalue weighted by molar-refractivity contribution is -0.192. The summed E-state index contributed by atoms with van der Waals surface area (Å²) >= 11 is 1.39. The topological polar surface area (TPSA) is 142 Å². The number of aliphatic carboxylic acids is 2. The van der Waals surface area contributed by atoms with Crippen LogP contribution < -0.4 is 11.1 Å². The van der Waals surface area contributed by atoms with Gasteiger partial charge in [0.15, 0.2) is 0 Å². The number of amides is 1. The highest BCUT2D eigenvalue weighted by Crippen LogP contribution is 2.36. The van der Waals surface area contributed by atoms with Gasteiger partial charge in [0.05, 0.1) is 10.7 Å². The van der Waals surface area contributed by atoms with Crippen molar-refractivity contribution < 1.29 is 37.8 Å². The standard InChI is InChI=1S/C27H31N3O3S.C2HF3O2/c1-17-6-10-20(11-7-17)25(21-12-8-18(2)9-13-21)23-14-15-24(34-23)26(31)30-22(27(32)33)5-4-16-29-19(3)28;3-2(4,5)1(6)7/h6-15,22,25H,4-5,16H2,1-3H3,(H2,28,29)(H,30,31)(H,32,33);(H,6,7)/t22-;/m0./s1. The van der Waals surface area contributed by atoms with Crippen molar-refractivity contribution in [1.82, 2.24) is 5.32 Å². The molecule has 12 heteroatoms. The van der Waals surface area contributed by atoms with Crippen LogP contribution in [0.4, 0.5) is 13.2 Å². The summed E-state index contributed by atoms with van der Waals surface area (Å²) in [5.74, 6) is -3.75. The highest BCUT2D eigenvalue weighted by atomic mass is 32.1. The summed E-state index contributed by atoms with van der Waals surface area (Å²) in [4.78, 5) is 39.0. The number of nitrogens with one attached hydrogen (secondary N) is 1. The van der Waals surface area contributed by atoms with E-state index in [4.69, 9.17) is 15.6 Å². The first-order valence-electron chi connectivity index (χ1n) is 12.5. The van der Waals surface area contributed by atoms with E-state index < -0.39 is 24.2 Å². The number of benzene rings is 2. The zero-order valence-electron chi connectivity index (χ0n) is 22.7. The lowest BCUT2D eigenvalue weighted by atomic mass is 9.89. The summed E-state index contributed by atoms with van der Waals surface area (Å²) in [6.45, 7) is 6.23. The molecule has 1 heterocycles. The molecule has 0 saturated carbocycles. The molecule has 3 aromatic rings. The number of thiophene rings is 1. The second-order valence-electron chi connectivity index (χ2n) is 9.29. The molecule has 0 radical (unpaired) electrons. The van der Waals surface area contributed by atoms with Gasteiger partial charge in [0.1, 0.15) is 6.04 Å². The number of carbonyl (C=O) groups is 3. The molecule has 3 rings (SSSR count). The molecule has 2 aromatic carbocycles. The number of nitrogens with zero attached hydrogens (tertiary/aromatic N) is 1. The number of hydrogen-bond donors (Lipinski definition) is 4. The number of hydrogen-bond acceptors (Lipinski definition) is 5. The normalized spacial score (nSPS) is 12.3. The van der Waals surface area contributed by atoms with Gasteiger partial charge in [-0.2, -0.15) is 13.2 Å². The Labute approximate surface area is 239 Å². The van der Waals surface area contributed by atoms with Crippen LogP contribution in [0.25, 0.3) is 0 Å². The zero-order valence-corrected chi connectivity index (χ0v) is 23.6. The van der Waals surface area contributed by atoms with Crippen molar-refractivity contribution in [2.45, 2.75) is 51.7 Å². The number of amidine groups is 1. The van der Waals surface area contributed by atoms with Crippen molar-refractivity contribution in [2.75, 3.05) is 6.54 Å². The maximum atomic E-state index is 12.9. The van der Waals surface area contributed by atoms with E-state index in [9.17, 15) is 27.9 Å². The number of rotatable bonds is 10. The lowest BCUT2D eigenvalue weighted by Crippen LogP contribution is -2.40. The maximum Gasteiger partial charge on any atom is 0.490 e. The second-order valence-corrected chi connectivity index (χ2v) is 10.4. The Morgan fingerprint density at radius 1 is 0.927 bits per heavy atom. The van der Waals surface area contributed by atoms with E-state index in [-0.39, 0.29) is 18.2 Å². The maximum absolute atomic E-state index is 12.9. The summed E-state index contributed by atoms with van der Waals surface area (Å²) in [6, 6.07) is 19.6. The molecule has 1 aromatic heterocycles. The molecule has 1 atom stereocenters. The van der Waals surface area contributed by atoms with Crippen LogP contribution in [0.2, 0.25) is 0 Å². The molecule has 0 bridgehead atoms. The highest BCUT2D eigenvalue weighted by molar-refractivity contribution is 7.14. The van der Waals surface area contributed by atoms with Gasteiger partial charge in [-0.1, -0.05) is 59.7 Å². The molecule has 0 aliphatic heterocycles. The number of halogens is 3. The average Bonchev–Trinajstić information content (AvgIpc) is 3.37. The third kappa shape index (κ3) is 10.7. The minimum Gasteiger partial charge on any atom is -0.480 e. The quantitative estimate of drug-likeness (QED) is 0.139. The van der Waals surface area contributed by atoms with E-state index in [2.05, 4.69) is 72.7 Å². The fourth-order valence-electron chi connectivity index (χ4n) is 3.71. The van der Waals surface area contributed by atoms with E-state index in [1.807, 2.05) is 6.07 Å². The van der Waals surface area contributed by atoms with Gasteiger partial charge in [0, 0.05) is 17.3 Å². The summed E-state index contributed by atoms with van der Waals surface area (Å²) in [5, 5.41) is 19.3. The average molecular weight is 592 g/mol. The number of carbonyl (C=O) groups excluding carboxylic acids is 1. The third-order valence-corrected chi connectivity index (χ3v) is 6.96. The van der Waals surface area contributed by atoms with Gasteiger partial charge in [0.2, 0.25) is 0 Å². The number of aliphatic imine (C=N–C) groups is 1. The Morgan fingerprint density at radius 2 is 1.41 bits per heavy atom. The van der Waals surface area contributed by atoms with Crippen molar-refractivity contribution in [1.29, 1.82) is 0 Å². The molecule has 0 aliphatic carbocycles. The predicted octanol–water partition coefficient (Wildman–Crippen LogP) is 5.52. The molecule has 0 aliphatic rings. The van der Waals surface area contributed by atoms with Crippen LogP contribution in [-0.4, -0.2) is 52.7 Å². The van der Waals surface area contributed by atoms with E-state index in [1.165, 1.54) is 22.5 Å². The molecule has 1 amide bonds. The minimum atomic E-state index is -5.08. The summed E-state index contributed by atoms with van der Waals surface area (Å²) < 4.78 is 31.7. The Balaban J connectivity index is 0.000000745. The number of alkyl halides is 3. The van der Waals surface area contributed by atoms with Gasteiger partial charge in [-0.3, -0.25) is 9.79 Å². The largest absolute Gasteiger partial charge is 0.490 e. The van der Waals surface area contributed by atoms with Crippen LogP contribution in [0.5, 0.6) is 0 Å². The SMILES string of the molecule is CC(N)=NCCC[C@H](NC(=O)c1ccc(C(c2ccc(C)cc2)c2ccc(C)cc2)s1)C(=O)O.O=C(O)C(F)(F)F. The summed E-state index contributed by atoms with van der Waals surface area (Å²) in [7, 11) is 0. The van der Waals surface area contributed by atoms with Crippen molar-refractivity contribution in [3.05, 3.63) is 92.7 Å². The number of carboxylic acids is 2. The van der Waals surface area contributed by atoms with Gasteiger partial charge in [0.25, 0.3) is 5.91 Å². The van der Waals surface area contributed by atoms with Crippen LogP contribution in [0.1, 0.15) is 62.5 Å². The van der Waals surface area contributed by atoms with Crippen molar-refractivity contribution in [3.8, 4) is 0 Å². The van der Waals surface area contributed by atoms with Crippen molar-refractivity contribution >= 4 is 35.0 Å². The molecular weight excluding hydrogens is 559 g/mol. The molecule has 220 valence electrons. The first-order chi connectivity index (χ1) is 19.2. The van der Waals surface area contributed by atoms with E-state index in [0.29, 0.717) is 23.7 Å². The fraction of sp³-hybridized carbons (Fsp3) is 0.310. The smallest absolute Gasteiger partial charge is 0.480 e. The monoisotopic (exact) mass is 591 g/mol. The fourth-order valence-corrected chi connectivity index (χ4v) is 4.77. The summed E-state index contributed by atoms with van der Waals surface area (Å²) in [5.41, 5.74) is 10.2. The van der Waals surface area contributed by atoms with Crippen LogP contribution >= 0.6 is 11.3 Å². The van der Waals surface area contributed by atoms with Crippen LogP contribution in [0, 0.1) is 13.8 Å². The lowest BCUT2D eigenvalue weighted by Gasteiger charge is -2.17. The number of nitrogens with two attached hydrogens (primary N) is 1. The van der Waals surface area contributed by atoms with Gasteiger partial charge in [-0.15, -0.1) is 11.3 Å². The van der Waals surface area contributed by atoms with Crippen LogP contribution in [-0.2, 0) is 9.59 Å². The Morgan fingerprint density at radius 3 is 1.83 bits per heavy atom. The minimum absolute atomic E-state index is 0.0135.